The van der Waals surface area contributed by atoms with Crippen LogP contribution in [0, 0.1) is 28.6 Å². The fourth-order valence-electron chi connectivity index (χ4n) is 7.64. The van der Waals surface area contributed by atoms with Gasteiger partial charge in [-0.3, -0.25) is 4.79 Å². The van der Waals surface area contributed by atoms with E-state index >= 15 is 0 Å². The van der Waals surface area contributed by atoms with Crippen molar-refractivity contribution < 1.29 is 9.53 Å². The van der Waals surface area contributed by atoms with Gasteiger partial charge in [0.15, 0.2) is 0 Å². The van der Waals surface area contributed by atoms with E-state index in [1.807, 2.05) is 12.1 Å². The van der Waals surface area contributed by atoms with Crippen LogP contribution in [0.25, 0.3) is 0 Å². The van der Waals surface area contributed by atoms with Crippen LogP contribution in [0.2, 0.25) is 0 Å². The monoisotopic (exact) mass is 435 g/mol. The van der Waals surface area contributed by atoms with Crippen molar-refractivity contribution in [2.45, 2.75) is 58.8 Å². The fourth-order valence-corrected chi connectivity index (χ4v) is 9.10. The largest absolute Gasteiger partial charge is 0.497 e. The molecule has 2 fully saturated rings. The maximum absolute atomic E-state index is 12.7. The van der Waals surface area contributed by atoms with Crippen LogP contribution in [0.3, 0.4) is 0 Å². The Labute approximate surface area is 189 Å². The van der Waals surface area contributed by atoms with Crippen LogP contribution in [0.4, 0.5) is 0 Å². The van der Waals surface area contributed by atoms with Crippen LogP contribution < -0.4 is 10.1 Å². The number of nitrogens with one attached hydrogen (secondary N) is 1. The van der Waals surface area contributed by atoms with Crippen molar-refractivity contribution in [1.82, 2.24) is 5.32 Å². The smallest absolute Gasteiger partial charge is 0.139 e. The highest BCUT2D eigenvalue weighted by atomic mass is 32.1. The number of fused-ring (bicyclic) bond motifs is 6. The standard InChI is InChI=1S/C27H33NO2S/c1-26-15-13-22-24(31-25(28-22)16-4-6-17(30-3)7-5-16)21(26)9-8-18-19-10-11-23(29)27(19,2)14-12-20(18)26/h4-7,9,18-20,28,31H,8,10-15H2,1-3H3/t18-,19-,20-,26+,27-/m0/s1. The first kappa shape index (κ1) is 19.8. The van der Waals surface area contributed by atoms with Crippen molar-refractivity contribution >= 4 is 22.1 Å². The molecule has 4 heteroatoms. The molecule has 2 saturated carbocycles. The number of Topliss-reactive ketones (excluding diaryl/α,β-unsaturated/α-hetero) is 1. The quantitative estimate of drug-likeness (QED) is 0.469. The minimum Gasteiger partial charge on any atom is -0.497 e. The molecule has 1 aliphatic heterocycles. The molecule has 4 aliphatic carbocycles. The summed E-state index contributed by atoms with van der Waals surface area (Å²) in [6.07, 6.45) is 10.4. The van der Waals surface area contributed by atoms with Crippen LogP contribution in [-0.2, 0) is 4.79 Å². The maximum atomic E-state index is 12.7. The molecule has 31 heavy (non-hydrogen) atoms. The normalized spacial score (nSPS) is 38.7. The van der Waals surface area contributed by atoms with Gasteiger partial charge in [-0.2, -0.15) is 0 Å². The predicted octanol–water partition coefficient (Wildman–Crippen LogP) is 5.60. The molecule has 1 heterocycles. The highest BCUT2D eigenvalue weighted by Gasteiger charge is 2.58. The zero-order valence-electron chi connectivity index (χ0n) is 18.8. The third-order valence-corrected chi connectivity index (χ3v) is 10.8. The summed E-state index contributed by atoms with van der Waals surface area (Å²) in [4.78, 5) is 15.5. The number of carbonyl (C=O) groups is 1. The number of allylic oxidation sites excluding steroid dienone is 3. The number of benzene rings is 1. The summed E-state index contributed by atoms with van der Waals surface area (Å²) in [7, 11) is 1.72. The molecule has 5 aliphatic rings. The summed E-state index contributed by atoms with van der Waals surface area (Å²) in [6.45, 7) is 4.82. The molecule has 164 valence electrons. The first-order valence-corrected chi connectivity index (χ1v) is 12.8. The zero-order chi connectivity index (χ0) is 21.4. The molecule has 6 rings (SSSR count). The van der Waals surface area contributed by atoms with E-state index in [4.69, 9.17) is 4.74 Å². The number of thiol groups is 1. The Bertz CT molecular complexity index is 1050. The van der Waals surface area contributed by atoms with E-state index in [0.29, 0.717) is 17.6 Å². The van der Waals surface area contributed by atoms with Gasteiger partial charge < -0.3 is 10.1 Å². The van der Waals surface area contributed by atoms with Gasteiger partial charge in [0.1, 0.15) is 11.5 Å². The third-order valence-electron chi connectivity index (χ3n) is 9.47. The van der Waals surface area contributed by atoms with Gasteiger partial charge in [-0.25, -0.2) is 0 Å². The van der Waals surface area contributed by atoms with Crippen molar-refractivity contribution in [3.8, 4) is 5.75 Å². The van der Waals surface area contributed by atoms with Crippen LogP contribution in [-0.4, -0.2) is 17.9 Å². The molecular weight excluding hydrogens is 402 g/mol. The van der Waals surface area contributed by atoms with E-state index in [-0.39, 0.29) is 10.8 Å². The Kier molecular flexibility index (Phi) is 4.38. The van der Waals surface area contributed by atoms with Gasteiger partial charge in [0, 0.05) is 28.0 Å². The lowest BCUT2D eigenvalue weighted by atomic mass is 9.48. The number of hydrogen-bond acceptors (Lipinski definition) is 3. The van der Waals surface area contributed by atoms with Gasteiger partial charge in [0.25, 0.3) is 0 Å². The highest BCUT2D eigenvalue weighted by Crippen LogP contribution is 2.65. The number of methoxy groups -OCH3 is 1. The predicted molar refractivity (Wildman–Crippen MR) is 128 cm³/mol. The van der Waals surface area contributed by atoms with Crippen molar-refractivity contribution in [1.29, 1.82) is 0 Å². The van der Waals surface area contributed by atoms with Gasteiger partial charge in [-0.05, 0) is 91.5 Å². The molecule has 0 bridgehead atoms. The second kappa shape index (κ2) is 6.84. The number of ketones is 1. The Morgan fingerprint density at radius 2 is 1.81 bits per heavy atom. The zero-order valence-corrected chi connectivity index (χ0v) is 19.7. The Morgan fingerprint density at radius 3 is 2.58 bits per heavy atom. The van der Waals surface area contributed by atoms with Gasteiger partial charge in [0.2, 0.25) is 0 Å². The molecule has 1 N–H and O–H groups in total. The number of carbonyl (C=O) groups excluding carboxylic acids is 1. The molecule has 0 saturated heterocycles. The molecule has 0 aromatic heterocycles. The minimum absolute atomic E-state index is 0.0373. The maximum Gasteiger partial charge on any atom is 0.139 e. The molecule has 0 radical (unpaired) electrons. The van der Waals surface area contributed by atoms with E-state index in [0.717, 1.165) is 43.8 Å². The lowest BCUT2D eigenvalue weighted by molar-refractivity contribution is -0.131. The van der Waals surface area contributed by atoms with Crippen LogP contribution in [0.1, 0.15) is 64.4 Å². The van der Waals surface area contributed by atoms with E-state index in [9.17, 15) is 4.79 Å². The van der Waals surface area contributed by atoms with Crippen LogP contribution in [0.15, 0.2) is 46.5 Å². The van der Waals surface area contributed by atoms with Crippen LogP contribution in [0.5, 0.6) is 5.75 Å². The topological polar surface area (TPSA) is 38.3 Å². The fraction of sp³-hybridized carbons (Fsp3) is 0.556. The molecule has 1 aromatic rings. The Morgan fingerprint density at radius 1 is 1.03 bits per heavy atom. The van der Waals surface area contributed by atoms with Gasteiger partial charge >= 0.3 is 0 Å². The van der Waals surface area contributed by atoms with Gasteiger partial charge in [-0.15, -0.1) is 11.4 Å². The average molecular weight is 436 g/mol. The number of rotatable bonds is 2. The summed E-state index contributed by atoms with van der Waals surface area (Å²) < 4.78 is 5.33. The lowest BCUT2D eigenvalue weighted by Crippen LogP contribution is -2.49. The first-order chi connectivity index (χ1) is 14.9. The number of ether oxygens (including phenoxy) is 1. The first-order valence-electron chi connectivity index (χ1n) is 11.9. The third kappa shape index (κ3) is 2.73. The molecule has 0 spiro atoms. The molecule has 1 aromatic carbocycles. The SMILES string of the molecule is COc1ccc(C2=[SH]C3=C(CC[C@@]4(C)C3=CC[C@@H]3[C@@H]4CC[C@]4(C)C(=O)CC[C@@H]34)N2)cc1. The van der Waals surface area contributed by atoms with Gasteiger partial charge in [0.05, 0.1) is 12.1 Å². The van der Waals surface area contributed by atoms with Crippen LogP contribution >= 0.6 is 11.4 Å². The summed E-state index contributed by atoms with van der Waals surface area (Å²) in [6, 6.07) is 8.42. The van der Waals surface area contributed by atoms with Crippen molar-refractivity contribution in [2.75, 3.05) is 7.11 Å². The Hall–Kier alpha value is -1.81. The summed E-state index contributed by atoms with van der Waals surface area (Å²) in [5.74, 6) is 3.47. The molecule has 0 unspecified atom stereocenters. The molecule has 0 amide bonds. The summed E-state index contributed by atoms with van der Waals surface area (Å²) >= 11 is 1.32. The minimum atomic E-state index is -0.0373. The Balaban J connectivity index is 1.34. The van der Waals surface area contributed by atoms with Crippen molar-refractivity contribution in [2.24, 2.45) is 28.6 Å². The van der Waals surface area contributed by atoms with Crippen molar-refractivity contribution in [3.05, 3.63) is 52.1 Å². The van der Waals surface area contributed by atoms with E-state index in [2.05, 4.69) is 37.4 Å². The lowest BCUT2D eigenvalue weighted by Gasteiger charge is -2.56. The van der Waals surface area contributed by atoms with E-state index < -0.39 is 0 Å². The molecule has 5 atom stereocenters. The summed E-state index contributed by atoms with van der Waals surface area (Å²) in [5.41, 5.74) is 4.53. The van der Waals surface area contributed by atoms with Crippen molar-refractivity contribution in [3.63, 3.8) is 0 Å². The molecular formula is C27H33NO2S. The average Bonchev–Trinajstić information content (AvgIpc) is 3.34. The van der Waals surface area contributed by atoms with E-state index in [1.165, 1.54) is 45.3 Å². The highest BCUT2D eigenvalue weighted by molar-refractivity contribution is 8.03. The summed E-state index contributed by atoms with van der Waals surface area (Å²) in [5, 5.41) is 3.78. The second-order valence-electron chi connectivity index (χ2n) is 10.7. The number of hydrogen-bond donors (Lipinski definition) is 2. The molecule has 3 nitrogen and oxygen atoms in total. The second-order valence-corrected chi connectivity index (χ2v) is 11.8. The van der Waals surface area contributed by atoms with E-state index in [1.54, 1.807) is 12.7 Å². The van der Waals surface area contributed by atoms with Gasteiger partial charge in [-0.1, -0.05) is 19.9 Å².